The summed E-state index contributed by atoms with van der Waals surface area (Å²) in [6, 6.07) is 7.73. The standard InChI is InChI=1S/C21H29NO3/c1-4-17(24)22-19-20(2,3)13-11-15-18(14-7-5-6-8-16(14)23)25-10-9-21(15,19)12-13/h5-8,13,15,18-19,23H,4,9-12H2,1-3H3,(H,22,24)/t13-,15-,18-,19-,21?/m1/s1. The van der Waals surface area contributed by atoms with Crippen LogP contribution in [0.5, 0.6) is 5.75 Å². The molecule has 136 valence electrons. The highest BCUT2D eigenvalue weighted by Crippen LogP contribution is 2.70. The number of aromatic hydroxyl groups is 1. The number of amides is 1. The fourth-order valence-corrected chi connectivity index (χ4v) is 6.09. The first-order valence-electron chi connectivity index (χ1n) is 9.59. The number of benzene rings is 1. The van der Waals surface area contributed by atoms with Gasteiger partial charge in [-0.1, -0.05) is 39.0 Å². The molecule has 1 aliphatic heterocycles. The Labute approximate surface area is 150 Å². The van der Waals surface area contributed by atoms with Gasteiger partial charge >= 0.3 is 0 Å². The van der Waals surface area contributed by atoms with E-state index in [2.05, 4.69) is 19.2 Å². The van der Waals surface area contributed by atoms with E-state index >= 15 is 0 Å². The fourth-order valence-electron chi connectivity index (χ4n) is 6.09. The number of ether oxygens (including phenoxy) is 1. The molecule has 1 saturated heterocycles. The van der Waals surface area contributed by atoms with Crippen molar-refractivity contribution in [1.29, 1.82) is 0 Å². The van der Waals surface area contributed by atoms with E-state index in [0.717, 1.165) is 24.8 Å². The molecule has 1 aromatic rings. The van der Waals surface area contributed by atoms with Gasteiger partial charge in [0.15, 0.2) is 0 Å². The van der Waals surface area contributed by atoms with Crippen molar-refractivity contribution in [1.82, 2.24) is 5.32 Å². The number of phenolic OH excluding ortho intramolecular Hbond substituents is 1. The summed E-state index contributed by atoms with van der Waals surface area (Å²) in [7, 11) is 0. The van der Waals surface area contributed by atoms with Crippen molar-refractivity contribution in [3.8, 4) is 5.75 Å². The lowest BCUT2D eigenvalue weighted by Gasteiger charge is -2.53. The fraction of sp³-hybridized carbons (Fsp3) is 0.667. The van der Waals surface area contributed by atoms with Crippen LogP contribution in [0.25, 0.3) is 0 Å². The topological polar surface area (TPSA) is 58.6 Å². The number of rotatable bonds is 3. The quantitative estimate of drug-likeness (QED) is 0.877. The van der Waals surface area contributed by atoms with E-state index in [1.165, 1.54) is 0 Å². The van der Waals surface area contributed by atoms with Gasteiger partial charge in [-0.2, -0.15) is 0 Å². The molecule has 0 radical (unpaired) electrons. The maximum absolute atomic E-state index is 12.2. The number of para-hydroxylation sites is 1. The smallest absolute Gasteiger partial charge is 0.219 e. The van der Waals surface area contributed by atoms with Crippen molar-refractivity contribution in [2.24, 2.45) is 22.7 Å². The molecule has 4 rings (SSSR count). The summed E-state index contributed by atoms with van der Waals surface area (Å²) >= 11 is 0. The Balaban J connectivity index is 1.72. The Morgan fingerprint density at radius 3 is 2.84 bits per heavy atom. The maximum atomic E-state index is 12.2. The molecular formula is C21H29NO3. The third kappa shape index (κ3) is 2.33. The van der Waals surface area contributed by atoms with E-state index in [1.807, 2.05) is 25.1 Å². The van der Waals surface area contributed by atoms with E-state index in [0.29, 0.717) is 30.6 Å². The van der Waals surface area contributed by atoms with Gasteiger partial charge in [-0.3, -0.25) is 4.79 Å². The van der Waals surface area contributed by atoms with E-state index in [9.17, 15) is 9.90 Å². The highest BCUT2D eigenvalue weighted by atomic mass is 16.5. The number of phenols is 1. The van der Waals surface area contributed by atoms with Crippen LogP contribution in [0, 0.1) is 22.7 Å². The van der Waals surface area contributed by atoms with Gasteiger partial charge in [0, 0.05) is 24.6 Å². The van der Waals surface area contributed by atoms with Crippen LogP contribution in [0.3, 0.4) is 0 Å². The van der Waals surface area contributed by atoms with Crippen molar-refractivity contribution in [2.45, 2.75) is 58.6 Å². The highest BCUT2D eigenvalue weighted by molar-refractivity contribution is 5.76. The number of hydrogen-bond donors (Lipinski definition) is 2. The van der Waals surface area contributed by atoms with Crippen LogP contribution in [-0.4, -0.2) is 23.7 Å². The first-order chi connectivity index (χ1) is 11.9. The number of nitrogens with one attached hydrogen (secondary N) is 1. The zero-order valence-electron chi connectivity index (χ0n) is 15.4. The van der Waals surface area contributed by atoms with E-state index in [-0.39, 0.29) is 28.9 Å². The molecule has 1 spiro atoms. The lowest BCUT2D eigenvalue weighted by molar-refractivity contribution is -0.137. The van der Waals surface area contributed by atoms with Gasteiger partial charge in [-0.25, -0.2) is 0 Å². The molecule has 2 bridgehead atoms. The molecule has 2 saturated carbocycles. The van der Waals surface area contributed by atoms with Crippen molar-refractivity contribution in [3.05, 3.63) is 29.8 Å². The third-order valence-corrected chi connectivity index (χ3v) is 7.37. The van der Waals surface area contributed by atoms with E-state index < -0.39 is 0 Å². The predicted molar refractivity (Wildman–Crippen MR) is 96.1 cm³/mol. The van der Waals surface area contributed by atoms with Gasteiger partial charge in [-0.15, -0.1) is 0 Å². The summed E-state index contributed by atoms with van der Waals surface area (Å²) < 4.78 is 6.18. The van der Waals surface area contributed by atoms with Crippen molar-refractivity contribution in [3.63, 3.8) is 0 Å². The lowest BCUT2D eigenvalue weighted by atomic mass is 9.58. The van der Waals surface area contributed by atoms with Crippen LogP contribution < -0.4 is 5.32 Å². The Morgan fingerprint density at radius 1 is 1.36 bits per heavy atom. The number of carbonyl (C=O) groups excluding carboxylic acids is 1. The van der Waals surface area contributed by atoms with Gasteiger partial charge in [-0.05, 0) is 48.0 Å². The second-order valence-electron chi connectivity index (χ2n) is 8.75. The minimum atomic E-state index is -0.0721. The van der Waals surface area contributed by atoms with Gasteiger partial charge in [0.1, 0.15) is 5.75 Å². The molecule has 2 N–H and O–H groups in total. The summed E-state index contributed by atoms with van der Waals surface area (Å²) in [6.45, 7) is 7.23. The molecule has 1 amide bonds. The zero-order valence-corrected chi connectivity index (χ0v) is 15.4. The number of fused-ring (bicyclic) bond motifs is 1. The Kier molecular flexibility index (Phi) is 3.87. The zero-order chi connectivity index (χ0) is 17.8. The third-order valence-electron chi connectivity index (χ3n) is 7.37. The molecule has 1 aromatic carbocycles. The van der Waals surface area contributed by atoms with Crippen LogP contribution >= 0.6 is 0 Å². The summed E-state index contributed by atoms with van der Waals surface area (Å²) in [5.74, 6) is 1.41. The summed E-state index contributed by atoms with van der Waals surface area (Å²) in [4.78, 5) is 12.2. The predicted octanol–water partition coefficient (Wildman–Crippen LogP) is 3.80. The minimum absolute atomic E-state index is 0.0721. The Morgan fingerprint density at radius 2 is 2.12 bits per heavy atom. The molecule has 1 heterocycles. The summed E-state index contributed by atoms with van der Waals surface area (Å²) in [6.07, 6.45) is 3.72. The molecule has 4 heteroatoms. The first-order valence-corrected chi connectivity index (χ1v) is 9.59. The van der Waals surface area contributed by atoms with Gasteiger partial charge in [0.05, 0.1) is 6.10 Å². The molecule has 5 atom stereocenters. The molecule has 0 aromatic heterocycles. The highest BCUT2D eigenvalue weighted by Gasteiger charge is 2.68. The lowest BCUT2D eigenvalue weighted by Crippen LogP contribution is -2.58. The van der Waals surface area contributed by atoms with E-state index in [4.69, 9.17) is 4.74 Å². The van der Waals surface area contributed by atoms with Crippen LogP contribution in [0.2, 0.25) is 0 Å². The molecule has 4 nitrogen and oxygen atoms in total. The van der Waals surface area contributed by atoms with Crippen LogP contribution in [-0.2, 0) is 9.53 Å². The van der Waals surface area contributed by atoms with Gasteiger partial charge in [0.2, 0.25) is 5.91 Å². The monoisotopic (exact) mass is 343 g/mol. The van der Waals surface area contributed by atoms with Crippen molar-refractivity contribution >= 4 is 5.91 Å². The van der Waals surface area contributed by atoms with Crippen LogP contribution in [0.4, 0.5) is 0 Å². The Bertz CT molecular complexity index is 685. The van der Waals surface area contributed by atoms with Crippen LogP contribution in [0.1, 0.15) is 58.1 Å². The maximum Gasteiger partial charge on any atom is 0.219 e. The summed E-state index contributed by atoms with van der Waals surface area (Å²) in [5, 5.41) is 13.7. The Hall–Kier alpha value is -1.55. The molecule has 3 fully saturated rings. The molecule has 2 aliphatic carbocycles. The summed E-state index contributed by atoms with van der Waals surface area (Å²) in [5.41, 5.74) is 1.10. The number of hydrogen-bond acceptors (Lipinski definition) is 3. The largest absolute Gasteiger partial charge is 0.508 e. The number of carbonyl (C=O) groups is 1. The second kappa shape index (κ2) is 5.73. The first kappa shape index (κ1) is 16.9. The van der Waals surface area contributed by atoms with Gasteiger partial charge in [0.25, 0.3) is 0 Å². The molecule has 25 heavy (non-hydrogen) atoms. The van der Waals surface area contributed by atoms with Gasteiger partial charge < -0.3 is 15.2 Å². The normalized spacial score (nSPS) is 38.4. The van der Waals surface area contributed by atoms with Crippen molar-refractivity contribution in [2.75, 3.05) is 6.61 Å². The second-order valence-corrected chi connectivity index (χ2v) is 8.75. The van der Waals surface area contributed by atoms with E-state index in [1.54, 1.807) is 6.07 Å². The average molecular weight is 343 g/mol. The molecule has 3 aliphatic rings. The molecule has 1 unspecified atom stereocenters. The SMILES string of the molecule is CCC(=O)N[C@@H]1C(C)(C)[C@@H]2C[C@@H]3[C@@H](c4ccccc4O)OCCC31C2. The van der Waals surface area contributed by atoms with Crippen molar-refractivity contribution < 1.29 is 14.6 Å². The average Bonchev–Trinajstić information content (AvgIpc) is 3.08. The molecular weight excluding hydrogens is 314 g/mol. The van der Waals surface area contributed by atoms with Crippen LogP contribution in [0.15, 0.2) is 24.3 Å². The minimum Gasteiger partial charge on any atom is -0.508 e.